The van der Waals surface area contributed by atoms with Crippen molar-refractivity contribution >= 4 is 33.3 Å². The fourth-order valence-corrected chi connectivity index (χ4v) is 2.67. The number of carbonyl (C=O) groups excluding carboxylic acids is 1. The lowest BCUT2D eigenvalue weighted by Crippen LogP contribution is -2.43. The second-order valence-corrected chi connectivity index (χ2v) is 5.75. The van der Waals surface area contributed by atoms with Gasteiger partial charge in [0.15, 0.2) is 0 Å². The number of pyridine rings is 1. The highest BCUT2D eigenvalue weighted by molar-refractivity contribution is 9.10. The number of anilines is 1. The van der Waals surface area contributed by atoms with Crippen molar-refractivity contribution in [1.82, 2.24) is 9.88 Å². The highest BCUT2D eigenvalue weighted by atomic mass is 79.9. The van der Waals surface area contributed by atoms with E-state index in [1.165, 1.54) is 17.2 Å². The van der Waals surface area contributed by atoms with Crippen LogP contribution in [0.4, 0.5) is 11.5 Å². The molecule has 1 aliphatic rings. The Morgan fingerprint density at radius 2 is 2.30 bits per heavy atom. The predicted molar refractivity (Wildman–Crippen MR) is 77.7 cm³/mol. The molecule has 1 atom stereocenters. The van der Waals surface area contributed by atoms with Gasteiger partial charge >= 0.3 is 5.69 Å². The maximum Gasteiger partial charge on any atom is 0.312 e. The summed E-state index contributed by atoms with van der Waals surface area (Å²) in [7, 11) is 3.37. The number of rotatable bonds is 3. The lowest BCUT2D eigenvalue weighted by Gasteiger charge is -2.26. The first-order chi connectivity index (χ1) is 9.41. The van der Waals surface area contributed by atoms with E-state index in [1.807, 2.05) is 0 Å². The minimum Gasteiger partial charge on any atom is -0.347 e. The molecule has 0 aliphatic carbocycles. The van der Waals surface area contributed by atoms with Gasteiger partial charge in [-0.2, -0.15) is 0 Å². The van der Waals surface area contributed by atoms with E-state index >= 15 is 0 Å². The molecule has 1 amide bonds. The Morgan fingerprint density at radius 1 is 1.60 bits per heavy atom. The van der Waals surface area contributed by atoms with Gasteiger partial charge < -0.3 is 9.80 Å². The Morgan fingerprint density at radius 3 is 2.90 bits per heavy atom. The molecule has 0 saturated carbocycles. The predicted octanol–water partition coefficient (Wildman–Crippen LogP) is 1.81. The molecule has 0 radical (unpaired) electrons. The largest absolute Gasteiger partial charge is 0.347 e. The average Bonchev–Trinajstić information content (AvgIpc) is 2.86. The van der Waals surface area contributed by atoms with Crippen molar-refractivity contribution in [2.45, 2.75) is 18.9 Å². The maximum absolute atomic E-state index is 12.2. The topological polar surface area (TPSA) is 79.6 Å². The molecule has 108 valence electrons. The highest BCUT2D eigenvalue weighted by Crippen LogP contribution is 2.33. The molecule has 1 aromatic rings. The molecular weight excluding hydrogens is 328 g/mol. The number of halogens is 1. The number of nitrogens with zero attached hydrogens (tertiary/aromatic N) is 4. The van der Waals surface area contributed by atoms with Crippen molar-refractivity contribution in [2.75, 3.05) is 25.5 Å². The summed E-state index contributed by atoms with van der Waals surface area (Å²) in [5, 5.41) is 11.2. The second-order valence-electron chi connectivity index (χ2n) is 4.84. The zero-order valence-electron chi connectivity index (χ0n) is 11.2. The Bertz CT molecular complexity index is 550. The molecule has 0 aromatic carbocycles. The van der Waals surface area contributed by atoms with Gasteiger partial charge in [0.1, 0.15) is 6.04 Å². The quantitative estimate of drug-likeness (QED) is 0.618. The van der Waals surface area contributed by atoms with Crippen LogP contribution < -0.4 is 4.90 Å². The second kappa shape index (κ2) is 5.74. The van der Waals surface area contributed by atoms with Crippen molar-refractivity contribution < 1.29 is 9.72 Å². The maximum atomic E-state index is 12.2. The van der Waals surface area contributed by atoms with Crippen molar-refractivity contribution in [2.24, 2.45) is 0 Å². The lowest BCUT2D eigenvalue weighted by atomic mass is 10.2. The van der Waals surface area contributed by atoms with Gasteiger partial charge in [-0.15, -0.1) is 0 Å². The molecular formula is C12H15BrN4O3. The van der Waals surface area contributed by atoms with Crippen LogP contribution in [0.5, 0.6) is 0 Å². The molecule has 1 aromatic heterocycles. The third-order valence-corrected chi connectivity index (χ3v) is 3.69. The molecule has 2 rings (SSSR count). The summed E-state index contributed by atoms with van der Waals surface area (Å²) in [6.45, 7) is 0.597. The van der Waals surface area contributed by atoms with Gasteiger partial charge in [-0.05, 0) is 28.8 Å². The van der Waals surface area contributed by atoms with E-state index < -0.39 is 4.92 Å². The van der Waals surface area contributed by atoms with Gasteiger partial charge in [-0.3, -0.25) is 14.9 Å². The summed E-state index contributed by atoms with van der Waals surface area (Å²) in [6, 6.07) is 1.04. The first kappa shape index (κ1) is 14.7. The zero-order chi connectivity index (χ0) is 14.9. The molecule has 1 fully saturated rings. The summed E-state index contributed by atoms with van der Waals surface area (Å²) < 4.78 is 0.544. The molecule has 1 saturated heterocycles. The Kier molecular flexibility index (Phi) is 4.22. The summed E-state index contributed by atoms with van der Waals surface area (Å²) in [4.78, 5) is 30.2. The summed E-state index contributed by atoms with van der Waals surface area (Å²) in [6.07, 6.45) is 3.02. The smallest absolute Gasteiger partial charge is 0.312 e. The molecule has 20 heavy (non-hydrogen) atoms. The number of amides is 1. The van der Waals surface area contributed by atoms with Gasteiger partial charge in [-0.25, -0.2) is 4.98 Å². The van der Waals surface area contributed by atoms with Gasteiger partial charge in [0.25, 0.3) is 0 Å². The molecule has 2 heterocycles. The van der Waals surface area contributed by atoms with Crippen LogP contribution in [0.3, 0.4) is 0 Å². The summed E-state index contributed by atoms with van der Waals surface area (Å²) in [5.74, 6) is 0.206. The number of nitro groups is 1. The first-order valence-corrected chi connectivity index (χ1v) is 6.99. The van der Waals surface area contributed by atoms with Crippen LogP contribution in [0.1, 0.15) is 12.8 Å². The van der Waals surface area contributed by atoms with Crippen LogP contribution in [0.25, 0.3) is 0 Å². The van der Waals surface area contributed by atoms with E-state index in [2.05, 4.69) is 20.9 Å². The highest BCUT2D eigenvalue weighted by Gasteiger charge is 2.36. The third-order valence-electron chi connectivity index (χ3n) is 3.26. The van der Waals surface area contributed by atoms with Crippen molar-refractivity contribution in [1.29, 1.82) is 0 Å². The standard InChI is InChI=1S/C12H15BrN4O3/c1-15(2)12(18)9-4-3-5-16(9)11-10(17(19)20)6-8(13)7-14-11/h6-7,9H,3-5H2,1-2H3. The van der Waals surface area contributed by atoms with Gasteiger partial charge in [0.05, 0.1) is 4.92 Å². The average molecular weight is 343 g/mol. The van der Waals surface area contributed by atoms with Crippen LogP contribution in [0.2, 0.25) is 0 Å². The number of hydrogen-bond donors (Lipinski definition) is 0. The molecule has 7 nitrogen and oxygen atoms in total. The fourth-order valence-electron chi connectivity index (χ4n) is 2.35. The Hall–Kier alpha value is -1.70. The lowest BCUT2D eigenvalue weighted by molar-refractivity contribution is -0.384. The van der Waals surface area contributed by atoms with E-state index in [1.54, 1.807) is 19.0 Å². The number of likely N-dealkylation sites (N-methyl/N-ethyl adjacent to an activating group) is 1. The first-order valence-electron chi connectivity index (χ1n) is 6.19. The molecule has 1 aliphatic heterocycles. The summed E-state index contributed by atoms with van der Waals surface area (Å²) >= 11 is 3.18. The van der Waals surface area contributed by atoms with Crippen molar-refractivity contribution in [3.05, 3.63) is 26.9 Å². The Balaban J connectivity index is 2.40. The minimum absolute atomic E-state index is 0.0542. The van der Waals surface area contributed by atoms with Crippen LogP contribution >= 0.6 is 15.9 Å². The van der Waals surface area contributed by atoms with E-state index in [9.17, 15) is 14.9 Å². The monoisotopic (exact) mass is 342 g/mol. The van der Waals surface area contributed by atoms with Gasteiger partial charge in [-0.1, -0.05) is 0 Å². The SMILES string of the molecule is CN(C)C(=O)C1CCCN1c1ncc(Br)cc1[N+](=O)[O-]. The number of hydrogen-bond acceptors (Lipinski definition) is 5. The van der Waals surface area contributed by atoms with Gasteiger partial charge in [0, 0.05) is 37.4 Å². The molecule has 0 spiro atoms. The number of carbonyl (C=O) groups is 1. The molecule has 8 heteroatoms. The van der Waals surface area contributed by atoms with Crippen molar-refractivity contribution in [3.63, 3.8) is 0 Å². The van der Waals surface area contributed by atoms with Crippen LogP contribution in [-0.4, -0.2) is 47.4 Å². The minimum atomic E-state index is -0.470. The van der Waals surface area contributed by atoms with Crippen molar-refractivity contribution in [3.8, 4) is 0 Å². The van der Waals surface area contributed by atoms with Gasteiger partial charge in [0.2, 0.25) is 11.7 Å². The Labute approximate surface area is 124 Å². The van der Waals surface area contributed by atoms with Crippen LogP contribution in [0.15, 0.2) is 16.7 Å². The van der Waals surface area contributed by atoms with E-state index in [-0.39, 0.29) is 23.5 Å². The van der Waals surface area contributed by atoms with E-state index in [4.69, 9.17) is 0 Å². The van der Waals surface area contributed by atoms with Crippen LogP contribution in [0, 0.1) is 10.1 Å². The van der Waals surface area contributed by atoms with E-state index in [0.29, 0.717) is 17.4 Å². The molecule has 1 unspecified atom stereocenters. The fraction of sp³-hybridized carbons (Fsp3) is 0.500. The third kappa shape index (κ3) is 2.74. The normalized spacial score (nSPS) is 18.1. The van der Waals surface area contributed by atoms with E-state index in [0.717, 1.165) is 6.42 Å². The van der Waals surface area contributed by atoms with Crippen LogP contribution in [-0.2, 0) is 4.79 Å². The molecule has 0 N–H and O–H groups in total. The number of aromatic nitrogens is 1. The molecule has 0 bridgehead atoms. The summed E-state index contributed by atoms with van der Waals surface area (Å²) in [5.41, 5.74) is -0.0853. The zero-order valence-corrected chi connectivity index (χ0v) is 12.8.